The molecule has 0 amide bonds. The zero-order chi connectivity index (χ0) is 99.8. The summed E-state index contributed by atoms with van der Waals surface area (Å²) >= 11 is 13.0. The molecule has 0 radical (unpaired) electrons. The van der Waals surface area contributed by atoms with Crippen LogP contribution in [0.15, 0.2) is 212 Å². The quantitative estimate of drug-likeness (QED) is 0.00306. The van der Waals surface area contributed by atoms with Gasteiger partial charge in [0.1, 0.15) is 35.2 Å². The van der Waals surface area contributed by atoms with E-state index in [-0.39, 0.29) is 48.6 Å². The molecule has 0 aliphatic carbocycles. The van der Waals surface area contributed by atoms with Gasteiger partial charge in [0.25, 0.3) is 0 Å². The summed E-state index contributed by atoms with van der Waals surface area (Å²) in [6.07, 6.45) is 50.7. The Morgan fingerprint density at radius 1 is 0.496 bits per heavy atom. The van der Waals surface area contributed by atoms with Crippen molar-refractivity contribution in [3.8, 4) is 0 Å². The molecule has 0 bridgehead atoms. The van der Waals surface area contributed by atoms with Crippen molar-refractivity contribution in [2.24, 2.45) is 0 Å². The van der Waals surface area contributed by atoms with Crippen LogP contribution in [0.5, 0.6) is 0 Å². The van der Waals surface area contributed by atoms with Gasteiger partial charge in [0.15, 0.2) is 16.4 Å². The van der Waals surface area contributed by atoms with E-state index in [1.54, 1.807) is 74.3 Å². The number of rotatable bonds is 38. The van der Waals surface area contributed by atoms with Gasteiger partial charge in [-0.05, 0) is 289 Å². The number of furan rings is 5. The van der Waals surface area contributed by atoms with E-state index in [2.05, 4.69) is 112 Å². The first-order chi connectivity index (χ1) is 68.7. The standard InChI is InChI=1S/C26H31N3O3.C24H29N3O3.C22H23N3O2.C16H25N2O4P.C8H7NO2.C8H5NO2.CHCl3.Mn.2O/c1-2-31-24(30)17-20(22-16-21-13-15-32-26(21)28-18-22)8-5-3-4-6-10-23-12-11-19-9-7-14-27-25(19)29-23;28-22(29)15-18(20-14-19-11-13-30-24(19)26-16-20)6-3-1-2-4-8-21-10-9-17-7-5-12-25-23(17)27-21;26-20(10-7-16-14-18-11-13-27-22(18)24-15-16)6-2-1-5-19-9-8-17-4-3-12-23-21(17)25-19;1-21-23(20,22-2)12-15(19)8-4-3-7-14-10-9-13-6-5-11-17-16(13)18-14;2*10-5-6-3-7-1-2-11-8(7)9-4-6;2-1(3)4;;;/h5,8,11-13,15-16,18,20H,2-4,6-7,9-10,14,17H2,1H3,(H,27,29);9-11,13-14,16,18H,1-8,12,15H2,(H,25,27)(H,28,29);7-11,13-15H,1-6,12H2,(H,23,25);9-10H,3-8,11-12H2,1-2H3,(H,17,18);1-4,10H,5H2;1-5H;1H;;;/b8-5+;;10-7+;;;;;;;. The number of esters is 1. The number of allylic oxidation sites excluding steroid dienone is 3. The van der Waals surface area contributed by atoms with E-state index < -0.39 is 32.7 Å². The number of anilines is 4. The van der Waals surface area contributed by atoms with Crippen molar-refractivity contribution in [3.63, 3.8) is 0 Å². The summed E-state index contributed by atoms with van der Waals surface area (Å²) in [7, 11) is -0.630. The van der Waals surface area contributed by atoms with Crippen LogP contribution < -0.4 is 21.3 Å². The predicted octanol–water partition coefficient (Wildman–Crippen LogP) is 23.4. The number of aromatic nitrogens is 9. The van der Waals surface area contributed by atoms with Gasteiger partial charge in [-0.15, -0.1) is 0 Å². The number of aliphatic carboxylic acids is 1. The van der Waals surface area contributed by atoms with Crippen molar-refractivity contribution in [1.82, 2.24) is 44.9 Å². The van der Waals surface area contributed by atoms with Gasteiger partial charge in [-0.2, -0.15) is 0 Å². The summed E-state index contributed by atoms with van der Waals surface area (Å²) in [6.45, 7) is 6.27. The van der Waals surface area contributed by atoms with Crippen molar-refractivity contribution in [2.45, 2.75) is 209 Å². The Balaban J connectivity index is 0.000000164. The summed E-state index contributed by atoms with van der Waals surface area (Å²) in [5.74, 6) is 3.21. The van der Waals surface area contributed by atoms with Gasteiger partial charge in [0.2, 0.25) is 28.6 Å². The van der Waals surface area contributed by atoms with E-state index in [1.807, 2.05) is 61.5 Å². The molecule has 141 heavy (non-hydrogen) atoms. The molecule has 14 aromatic heterocycles. The van der Waals surface area contributed by atoms with Crippen LogP contribution in [0.4, 0.5) is 23.3 Å². The number of carbonyl (C=O) groups is 5. The van der Waals surface area contributed by atoms with Gasteiger partial charge in [-0.3, -0.25) is 28.5 Å². The predicted molar refractivity (Wildman–Crippen MR) is 541 cm³/mol. The number of unbranched alkanes of at least 4 members (excludes halogenated alkanes) is 7. The van der Waals surface area contributed by atoms with E-state index in [1.165, 1.54) is 61.9 Å². The third-order valence-corrected chi connectivity index (χ3v) is 25.5. The Labute approximate surface area is 839 Å². The second kappa shape index (κ2) is 59.5. The number of halogens is 3. The average Bonchev–Trinajstić information content (AvgIpc) is 1.77. The third-order valence-electron chi connectivity index (χ3n) is 23.6. The number of carboxylic acid groups (broad SMARTS) is 1. The minimum absolute atomic E-state index is 0.0114. The molecular formula is C105H121Cl3MnN13O18P. The first kappa shape index (κ1) is 109. The van der Waals surface area contributed by atoms with E-state index >= 15 is 0 Å². The summed E-state index contributed by atoms with van der Waals surface area (Å²) in [5.41, 5.74) is 17.0. The summed E-state index contributed by atoms with van der Waals surface area (Å²) in [5, 5.41) is 36.2. The van der Waals surface area contributed by atoms with Gasteiger partial charge in [-0.1, -0.05) is 90.5 Å². The number of aliphatic hydroxyl groups is 1. The Morgan fingerprint density at radius 3 is 1.34 bits per heavy atom. The number of pyridine rings is 9. The van der Waals surface area contributed by atoms with Crippen molar-refractivity contribution < 1.29 is 97.1 Å². The molecule has 36 heteroatoms. The number of aliphatic hydroxyl groups excluding tert-OH is 1. The molecule has 14 aromatic rings. The minimum atomic E-state index is -3.23. The van der Waals surface area contributed by atoms with E-state index in [9.17, 15) is 33.6 Å². The van der Waals surface area contributed by atoms with E-state index in [0.717, 1.165) is 263 Å². The maximum absolute atomic E-state index is 12.1. The number of aldehydes is 1. The second-order valence-corrected chi connectivity index (χ2v) is 38.3. The van der Waals surface area contributed by atoms with Crippen LogP contribution in [-0.4, -0.2) is 142 Å². The van der Waals surface area contributed by atoms with Crippen LogP contribution in [0.2, 0.25) is 0 Å². The molecule has 747 valence electrons. The van der Waals surface area contributed by atoms with Crippen LogP contribution in [0.1, 0.15) is 225 Å². The second-order valence-electron chi connectivity index (χ2n) is 33.9. The van der Waals surface area contributed by atoms with Crippen molar-refractivity contribution >= 4 is 157 Å². The normalized spacial score (nSPS) is 13.2. The Bertz CT molecular complexity index is 6470. The number of nitrogens with zero attached hydrogens (tertiary/aromatic N) is 9. The van der Waals surface area contributed by atoms with E-state index in [4.69, 9.17) is 98.4 Å². The van der Waals surface area contributed by atoms with Crippen LogP contribution in [0.3, 0.4) is 0 Å². The number of ether oxygens (including phenoxy) is 1. The molecule has 0 aromatic carbocycles. The molecule has 0 saturated carbocycles. The van der Waals surface area contributed by atoms with Crippen molar-refractivity contribution in [1.29, 1.82) is 0 Å². The molecule has 0 saturated heterocycles. The number of carboxylic acids is 1. The number of carbonyl (C=O) groups excluding carboxylic acids is 4. The Morgan fingerprint density at radius 2 is 0.894 bits per heavy atom. The monoisotopic (exact) mass is 2040 g/mol. The molecular weight excluding hydrogens is 1920 g/mol. The molecule has 2 unspecified atom stereocenters. The van der Waals surface area contributed by atoms with Crippen LogP contribution in [0, 0.1) is 0 Å². The number of aryl methyl sites for hydroxylation is 8. The number of nitrogens with one attached hydrogen (secondary N) is 4. The van der Waals surface area contributed by atoms with Gasteiger partial charge in [0.05, 0.1) is 57.4 Å². The number of alkyl halides is 3. The molecule has 31 nitrogen and oxygen atoms in total. The first-order valence-electron chi connectivity index (χ1n) is 47.6. The first-order valence-corrected chi connectivity index (χ1v) is 51.6. The molecule has 0 spiro atoms. The molecule has 2 atom stereocenters. The Hall–Kier alpha value is -12.2. The van der Waals surface area contributed by atoms with Crippen molar-refractivity contribution in [3.05, 3.63) is 263 Å². The molecule has 18 heterocycles. The Kier molecular flexibility index (Phi) is 46.1. The summed E-state index contributed by atoms with van der Waals surface area (Å²) in [4.78, 5) is 97.4. The zero-order valence-corrected chi connectivity index (χ0v) is 83.8. The fourth-order valence-electron chi connectivity index (χ4n) is 16.3. The molecule has 6 N–H and O–H groups in total. The van der Waals surface area contributed by atoms with Gasteiger partial charge >= 0.3 is 42.0 Å². The van der Waals surface area contributed by atoms with Crippen LogP contribution in [-0.2, 0) is 118 Å². The SMILES string of the molecule is CCOC(=O)CC(/C=C/CCCCc1ccc2c(n1)NCCC2)c1cnc2occc2c1.COP(=O)(CC(=O)CCCCc1ccc2c(n1)NCCC2)OC.ClC(Cl)Cl.O=C(/C=C/c1cnc2occc2c1)CCCCc1ccc2c(n1)NCCC2.O=C(O)CC(CCCCCCc1ccc2c(n1)NCCC2)c1cnc2occc2c1.O=Cc1cnc2occc2c1.OCc1cnc2occc2c1.[O]=[Mn]=[O]. The topological polar surface area (TPSA) is 435 Å². The van der Waals surface area contributed by atoms with Crippen molar-refractivity contribution in [2.75, 3.05) is 74.4 Å². The van der Waals surface area contributed by atoms with Crippen LogP contribution >= 0.6 is 42.4 Å². The fraction of sp³-hybridized carbons (Fsp3) is 0.390. The number of hydrogen-bond donors (Lipinski definition) is 6. The maximum atomic E-state index is 12.1. The zero-order valence-electron chi connectivity index (χ0n) is 79.4. The fourth-order valence-corrected chi connectivity index (χ4v) is 17.3. The number of hydrogen-bond acceptors (Lipinski definition) is 30. The van der Waals surface area contributed by atoms with Gasteiger partial charge in [0, 0.05) is 145 Å². The number of fused-ring (bicyclic) bond motifs is 9. The van der Waals surface area contributed by atoms with Gasteiger partial charge < -0.3 is 67.4 Å². The number of Topliss-reactive ketones (excluding diaryl/α,β-unsaturated/α-hetero) is 1. The number of ketones is 2. The van der Waals surface area contributed by atoms with E-state index in [0.29, 0.717) is 60.0 Å². The molecule has 4 aliphatic rings. The average molecular weight is 2050 g/mol. The third kappa shape index (κ3) is 37.0. The summed E-state index contributed by atoms with van der Waals surface area (Å²) in [6, 6.07) is 36.1. The van der Waals surface area contributed by atoms with Gasteiger partial charge in [-0.25, -0.2) is 44.9 Å². The molecule has 18 rings (SSSR count). The molecule has 0 fully saturated rings. The molecule has 4 aliphatic heterocycles. The summed E-state index contributed by atoms with van der Waals surface area (Å²) < 4.78 is 68.5. The van der Waals surface area contributed by atoms with Crippen LogP contribution in [0.25, 0.3) is 61.6 Å².